The van der Waals surface area contributed by atoms with Gasteiger partial charge in [-0.05, 0) is 25.1 Å². The quantitative estimate of drug-likeness (QED) is 0.850. The normalized spacial score (nSPS) is 11.0. The van der Waals surface area contributed by atoms with Gasteiger partial charge in [0.15, 0.2) is 0 Å². The first-order chi connectivity index (χ1) is 7.84. The van der Waals surface area contributed by atoms with Crippen LogP contribution in [0.4, 0.5) is 14.9 Å². The van der Waals surface area contributed by atoms with E-state index in [1.54, 1.807) is 6.92 Å². The number of benzene rings is 1. The van der Waals surface area contributed by atoms with E-state index in [1.165, 1.54) is 0 Å². The molecule has 0 saturated carbocycles. The Morgan fingerprint density at radius 3 is 2.65 bits per heavy atom. The van der Waals surface area contributed by atoms with Crippen LogP contribution >= 0.6 is 0 Å². The monoisotopic (exact) mass is 262 g/mol. The van der Waals surface area contributed by atoms with Crippen LogP contribution in [0.1, 0.15) is 6.92 Å². The molecule has 1 amide bonds. The number of nitrogens with one attached hydrogen (secondary N) is 1. The average Bonchev–Trinajstić information content (AvgIpc) is 2.20. The van der Waals surface area contributed by atoms with Crippen molar-refractivity contribution in [3.05, 3.63) is 24.0 Å². The lowest BCUT2D eigenvalue weighted by Gasteiger charge is -2.07. The molecule has 1 aromatic rings. The van der Waals surface area contributed by atoms with E-state index in [0.29, 0.717) is 0 Å². The van der Waals surface area contributed by atoms with Gasteiger partial charge in [-0.2, -0.15) is 0 Å². The molecule has 8 heteroatoms. The highest BCUT2D eigenvalue weighted by atomic mass is 32.2. The molecule has 0 fully saturated rings. The lowest BCUT2D eigenvalue weighted by atomic mass is 10.3. The number of anilines is 1. The number of carbonyl (C=O) groups excluding carboxylic acids is 1. The molecule has 0 bridgehead atoms. The standard InChI is InChI=1S/C9H11FN2O4S/c1-2-16-9(13)12-8-4-3-6(5-7(8)10)17(11,14)15/h3-5H,2H2,1H3,(H,12,13)(H2,11,14,15). The number of carbonyl (C=O) groups is 1. The number of amides is 1. The third kappa shape index (κ3) is 3.68. The van der Waals surface area contributed by atoms with Gasteiger partial charge in [0, 0.05) is 0 Å². The number of hydrogen-bond acceptors (Lipinski definition) is 4. The van der Waals surface area contributed by atoms with Crippen LogP contribution in [0.5, 0.6) is 0 Å². The molecule has 0 heterocycles. The first-order valence-electron chi connectivity index (χ1n) is 4.60. The number of sulfonamides is 1. The molecule has 0 radical (unpaired) electrons. The van der Waals surface area contributed by atoms with Gasteiger partial charge in [0.05, 0.1) is 17.2 Å². The predicted molar refractivity (Wildman–Crippen MR) is 58.4 cm³/mol. The molecule has 3 N–H and O–H groups in total. The summed E-state index contributed by atoms with van der Waals surface area (Å²) >= 11 is 0. The van der Waals surface area contributed by atoms with Crippen molar-refractivity contribution in [3.63, 3.8) is 0 Å². The third-order valence-corrected chi connectivity index (χ3v) is 2.69. The smallest absolute Gasteiger partial charge is 0.411 e. The fourth-order valence-corrected chi connectivity index (χ4v) is 1.58. The lowest BCUT2D eigenvalue weighted by molar-refractivity contribution is 0.168. The Morgan fingerprint density at radius 1 is 1.53 bits per heavy atom. The van der Waals surface area contributed by atoms with Gasteiger partial charge in [0.25, 0.3) is 0 Å². The second-order valence-electron chi connectivity index (χ2n) is 3.03. The zero-order valence-corrected chi connectivity index (χ0v) is 9.75. The van der Waals surface area contributed by atoms with Gasteiger partial charge >= 0.3 is 6.09 Å². The van der Waals surface area contributed by atoms with Crippen LogP contribution in [-0.4, -0.2) is 21.1 Å². The number of ether oxygens (including phenoxy) is 1. The third-order valence-electron chi connectivity index (χ3n) is 1.78. The molecule has 0 saturated heterocycles. The molecule has 0 spiro atoms. The van der Waals surface area contributed by atoms with Crippen molar-refractivity contribution < 1.29 is 22.3 Å². The molecule has 1 rings (SSSR count). The van der Waals surface area contributed by atoms with Crippen LogP contribution in [-0.2, 0) is 14.8 Å². The van der Waals surface area contributed by atoms with Crippen molar-refractivity contribution in [2.75, 3.05) is 11.9 Å². The number of halogens is 1. The second kappa shape index (κ2) is 5.11. The Morgan fingerprint density at radius 2 is 2.18 bits per heavy atom. The van der Waals surface area contributed by atoms with Crippen molar-refractivity contribution in [2.24, 2.45) is 5.14 Å². The van der Waals surface area contributed by atoms with Gasteiger partial charge in [-0.15, -0.1) is 0 Å². The van der Waals surface area contributed by atoms with Gasteiger partial charge in [0.2, 0.25) is 10.0 Å². The minimum atomic E-state index is -3.96. The predicted octanol–water partition coefficient (Wildman–Crippen LogP) is 1.04. The first kappa shape index (κ1) is 13.4. The summed E-state index contributed by atoms with van der Waals surface area (Å²) < 4.78 is 39.8. The highest BCUT2D eigenvalue weighted by Crippen LogP contribution is 2.18. The zero-order valence-electron chi connectivity index (χ0n) is 8.94. The fraction of sp³-hybridized carbons (Fsp3) is 0.222. The summed E-state index contributed by atoms with van der Waals surface area (Å²) in [6, 6.07) is 2.89. The molecule has 6 nitrogen and oxygen atoms in total. The average molecular weight is 262 g/mol. The van der Waals surface area contributed by atoms with Crippen LogP contribution in [0.2, 0.25) is 0 Å². The topological polar surface area (TPSA) is 98.5 Å². The summed E-state index contributed by atoms with van der Waals surface area (Å²) in [6.07, 6.45) is -0.824. The molecule has 17 heavy (non-hydrogen) atoms. The number of rotatable bonds is 3. The Kier molecular flexibility index (Phi) is 4.02. The van der Waals surface area contributed by atoms with E-state index < -0.39 is 21.9 Å². The zero-order chi connectivity index (χ0) is 13.1. The first-order valence-corrected chi connectivity index (χ1v) is 6.15. The van der Waals surface area contributed by atoms with Gasteiger partial charge in [-0.3, -0.25) is 5.32 Å². The van der Waals surface area contributed by atoms with E-state index in [0.717, 1.165) is 18.2 Å². The molecule has 94 valence electrons. The number of primary sulfonamides is 1. The summed E-state index contributed by atoms with van der Waals surface area (Å²) in [7, 11) is -3.96. The van der Waals surface area contributed by atoms with Crippen molar-refractivity contribution in [1.82, 2.24) is 0 Å². The molecule has 0 atom stereocenters. The molecule has 0 aromatic heterocycles. The van der Waals surface area contributed by atoms with Gasteiger partial charge < -0.3 is 4.74 Å². The van der Waals surface area contributed by atoms with Crippen molar-refractivity contribution in [3.8, 4) is 0 Å². The minimum Gasteiger partial charge on any atom is -0.450 e. The van der Waals surface area contributed by atoms with Crippen molar-refractivity contribution in [2.45, 2.75) is 11.8 Å². The number of hydrogen-bond donors (Lipinski definition) is 2. The fourth-order valence-electron chi connectivity index (χ4n) is 1.05. The minimum absolute atomic E-state index is 0.142. The summed E-state index contributed by atoms with van der Waals surface area (Å²) in [5.41, 5.74) is -0.184. The largest absolute Gasteiger partial charge is 0.450 e. The Hall–Kier alpha value is -1.67. The van der Waals surface area contributed by atoms with Gasteiger partial charge in [-0.25, -0.2) is 22.7 Å². The van der Waals surface area contributed by atoms with Crippen LogP contribution in [0, 0.1) is 5.82 Å². The summed E-state index contributed by atoms with van der Waals surface area (Å²) in [5.74, 6) is -0.912. The van der Waals surface area contributed by atoms with Gasteiger partial charge in [-0.1, -0.05) is 0 Å². The van der Waals surface area contributed by atoms with Crippen LogP contribution in [0.15, 0.2) is 23.1 Å². The Bertz CT molecular complexity index is 530. The lowest BCUT2D eigenvalue weighted by Crippen LogP contribution is -2.16. The highest BCUT2D eigenvalue weighted by molar-refractivity contribution is 7.89. The highest BCUT2D eigenvalue weighted by Gasteiger charge is 2.13. The molecule has 0 unspecified atom stereocenters. The van der Waals surface area contributed by atoms with Crippen molar-refractivity contribution in [1.29, 1.82) is 0 Å². The van der Waals surface area contributed by atoms with E-state index in [2.05, 4.69) is 10.1 Å². The van der Waals surface area contributed by atoms with E-state index in [9.17, 15) is 17.6 Å². The van der Waals surface area contributed by atoms with Crippen LogP contribution in [0.25, 0.3) is 0 Å². The van der Waals surface area contributed by atoms with Crippen LogP contribution < -0.4 is 10.5 Å². The SMILES string of the molecule is CCOC(=O)Nc1ccc(S(N)(=O)=O)cc1F. The molecule has 0 aliphatic heterocycles. The molecular formula is C9H11FN2O4S. The Labute approximate surface area is 97.6 Å². The van der Waals surface area contributed by atoms with E-state index >= 15 is 0 Å². The van der Waals surface area contributed by atoms with E-state index in [4.69, 9.17) is 5.14 Å². The summed E-state index contributed by atoms with van der Waals surface area (Å²) in [6.45, 7) is 1.74. The second-order valence-corrected chi connectivity index (χ2v) is 4.59. The van der Waals surface area contributed by atoms with E-state index in [1.807, 2.05) is 0 Å². The molecule has 0 aliphatic carbocycles. The molecular weight excluding hydrogens is 251 g/mol. The van der Waals surface area contributed by atoms with Crippen LogP contribution in [0.3, 0.4) is 0 Å². The molecule has 0 aliphatic rings. The Balaban J connectivity index is 2.95. The maximum absolute atomic E-state index is 13.4. The summed E-state index contributed by atoms with van der Waals surface area (Å²) in [5, 5.41) is 6.94. The van der Waals surface area contributed by atoms with Crippen molar-refractivity contribution >= 4 is 21.8 Å². The maximum Gasteiger partial charge on any atom is 0.411 e. The number of nitrogens with two attached hydrogens (primary N) is 1. The van der Waals surface area contributed by atoms with Gasteiger partial charge in [0.1, 0.15) is 5.82 Å². The maximum atomic E-state index is 13.4. The van der Waals surface area contributed by atoms with E-state index in [-0.39, 0.29) is 17.2 Å². The molecule has 1 aromatic carbocycles. The summed E-state index contributed by atoms with van der Waals surface area (Å²) in [4.78, 5) is 10.6.